The van der Waals surface area contributed by atoms with E-state index >= 15 is 0 Å². The molecule has 2 aliphatic rings. The quantitative estimate of drug-likeness (QED) is 0.336. The molecule has 9 nitrogen and oxygen atoms in total. The molecule has 1 aliphatic heterocycles. The van der Waals surface area contributed by atoms with E-state index in [2.05, 4.69) is 67.0 Å². The summed E-state index contributed by atoms with van der Waals surface area (Å²) in [5, 5.41) is 5.97. The first-order chi connectivity index (χ1) is 19.2. The second-order valence-corrected chi connectivity index (χ2v) is 10.8. The number of aromatic nitrogens is 6. The number of fused-ring (bicyclic) bond motifs is 2. The van der Waals surface area contributed by atoms with Crippen molar-refractivity contribution in [2.24, 2.45) is 0 Å². The summed E-state index contributed by atoms with van der Waals surface area (Å²) in [5.74, 6) is 1.46. The molecule has 2 fully saturated rings. The van der Waals surface area contributed by atoms with Gasteiger partial charge in [0, 0.05) is 31.1 Å². The van der Waals surface area contributed by atoms with E-state index in [0.29, 0.717) is 17.9 Å². The molecule has 2 aromatic carbocycles. The lowest BCUT2D eigenvalue weighted by Crippen LogP contribution is -2.45. The molecule has 9 heteroatoms. The molecule has 0 unspecified atom stereocenters. The number of hydrogen-bond acceptors (Lipinski definition) is 7. The van der Waals surface area contributed by atoms with Crippen molar-refractivity contribution in [3.05, 3.63) is 66.2 Å². The number of nitrogens with one attached hydrogen (secondary N) is 1. The number of imidazole rings is 1. The molecule has 0 amide bonds. The zero-order chi connectivity index (χ0) is 26.2. The number of anilines is 1. The zero-order valence-corrected chi connectivity index (χ0v) is 22.1. The van der Waals surface area contributed by atoms with Gasteiger partial charge in [0.1, 0.15) is 23.7 Å². The summed E-state index contributed by atoms with van der Waals surface area (Å²) in [6, 6.07) is 17.7. The van der Waals surface area contributed by atoms with Crippen LogP contribution in [0.2, 0.25) is 0 Å². The van der Waals surface area contributed by atoms with Crippen molar-refractivity contribution in [2.75, 3.05) is 32.0 Å². The Balaban J connectivity index is 1.16. The van der Waals surface area contributed by atoms with Crippen molar-refractivity contribution in [3.63, 3.8) is 0 Å². The molecule has 3 N–H and O–H groups in total. The van der Waals surface area contributed by atoms with Gasteiger partial charge in [-0.15, -0.1) is 0 Å². The fourth-order valence-corrected chi connectivity index (χ4v) is 6.30. The highest BCUT2D eigenvalue weighted by Crippen LogP contribution is 2.37. The number of benzene rings is 2. The lowest BCUT2D eigenvalue weighted by atomic mass is 9.90. The van der Waals surface area contributed by atoms with Crippen LogP contribution in [0.25, 0.3) is 33.3 Å². The maximum atomic E-state index is 6.43. The second kappa shape index (κ2) is 10.4. The third-order valence-electron chi connectivity index (χ3n) is 8.39. The number of nitrogen functional groups attached to an aromatic ring is 1. The molecule has 7 rings (SSSR count). The first kappa shape index (κ1) is 24.2. The van der Waals surface area contributed by atoms with Crippen molar-refractivity contribution in [1.82, 2.24) is 34.6 Å². The van der Waals surface area contributed by atoms with E-state index in [1.165, 1.54) is 5.56 Å². The summed E-state index contributed by atoms with van der Waals surface area (Å²) in [4.78, 5) is 19.9. The predicted molar refractivity (Wildman–Crippen MR) is 152 cm³/mol. The van der Waals surface area contributed by atoms with Gasteiger partial charge in [0.15, 0.2) is 5.65 Å². The van der Waals surface area contributed by atoms with Crippen molar-refractivity contribution >= 4 is 27.9 Å². The van der Waals surface area contributed by atoms with Crippen LogP contribution < -0.4 is 5.73 Å². The average Bonchev–Trinajstić information content (AvgIpc) is 3.59. The van der Waals surface area contributed by atoms with Gasteiger partial charge in [0.05, 0.1) is 35.7 Å². The first-order valence-electron chi connectivity index (χ1n) is 14.1. The molecule has 0 spiro atoms. The fraction of sp³-hybridized carbons (Fsp3) is 0.400. The summed E-state index contributed by atoms with van der Waals surface area (Å²) in [6.07, 6.45) is 7.83. The topological polar surface area (TPSA) is 111 Å². The van der Waals surface area contributed by atoms with Gasteiger partial charge < -0.3 is 15.5 Å². The van der Waals surface area contributed by atoms with Crippen molar-refractivity contribution < 1.29 is 4.74 Å². The standard InChI is InChI=1S/C30H34N8O/c31-29-27-28(21-7-12-24-25(18-21)35-26(34-24)13-6-20-4-2-1-3-5-20)36-38(30(27)33-19-32-29)23-10-8-22(9-11-23)37-14-16-39-17-15-37/h1-5,7,12,18-19,22-23H,6,8-11,13-17H2,(H,34,35)(H2,31,32,33)/t22-,23-. The largest absolute Gasteiger partial charge is 0.383 e. The molecule has 1 saturated heterocycles. The molecule has 200 valence electrons. The average molecular weight is 523 g/mol. The number of rotatable bonds is 6. The van der Waals surface area contributed by atoms with Crippen molar-refractivity contribution in [2.45, 2.75) is 50.6 Å². The number of hydrogen-bond donors (Lipinski definition) is 2. The van der Waals surface area contributed by atoms with E-state index in [0.717, 1.165) is 104 Å². The van der Waals surface area contributed by atoms with Gasteiger partial charge in [-0.3, -0.25) is 4.90 Å². The minimum atomic E-state index is 0.299. The third-order valence-corrected chi connectivity index (χ3v) is 8.39. The summed E-state index contributed by atoms with van der Waals surface area (Å²) < 4.78 is 7.67. The Labute approximate surface area is 227 Å². The number of nitrogens with zero attached hydrogens (tertiary/aromatic N) is 6. The van der Waals surface area contributed by atoms with Gasteiger partial charge >= 0.3 is 0 Å². The number of morpholine rings is 1. The molecule has 3 aromatic heterocycles. The minimum Gasteiger partial charge on any atom is -0.383 e. The van der Waals surface area contributed by atoms with Gasteiger partial charge in [-0.25, -0.2) is 19.6 Å². The fourth-order valence-electron chi connectivity index (χ4n) is 6.30. The lowest BCUT2D eigenvalue weighted by molar-refractivity contribution is 0.00520. The number of H-pyrrole nitrogens is 1. The molecule has 0 radical (unpaired) electrons. The summed E-state index contributed by atoms with van der Waals surface area (Å²) in [6.45, 7) is 3.77. The Morgan fingerprint density at radius 2 is 1.72 bits per heavy atom. The predicted octanol–water partition coefficient (Wildman–Crippen LogP) is 4.55. The molecular weight excluding hydrogens is 488 g/mol. The molecule has 1 aliphatic carbocycles. The van der Waals surface area contributed by atoms with E-state index in [4.69, 9.17) is 20.6 Å². The highest BCUT2D eigenvalue weighted by atomic mass is 16.5. The summed E-state index contributed by atoms with van der Waals surface area (Å²) in [5.41, 5.74) is 12.3. The summed E-state index contributed by atoms with van der Waals surface area (Å²) in [7, 11) is 0. The Kier molecular flexibility index (Phi) is 6.46. The van der Waals surface area contributed by atoms with Crippen LogP contribution in [-0.4, -0.2) is 67.0 Å². The van der Waals surface area contributed by atoms with Crippen molar-refractivity contribution in [3.8, 4) is 11.3 Å². The molecule has 0 atom stereocenters. The number of nitrogens with two attached hydrogens (primary N) is 1. The Morgan fingerprint density at radius 1 is 0.923 bits per heavy atom. The van der Waals surface area contributed by atoms with E-state index in [1.54, 1.807) is 6.33 Å². The van der Waals surface area contributed by atoms with Gasteiger partial charge in [0.25, 0.3) is 0 Å². The highest BCUT2D eigenvalue weighted by Gasteiger charge is 2.30. The lowest BCUT2D eigenvalue weighted by Gasteiger charge is -2.38. The van der Waals surface area contributed by atoms with E-state index in [1.807, 2.05) is 6.07 Å². The molecular formula is C30H34N8O. The van der Waals surface area contributed by atoms with Crippen LogP contribution in [0.5, 0.6) is 0 Å². The SMILES string of the molecule is Nc1ncnc2c1c(-c1ccc3nc(CCc4ccccc4)[nH]c3c1)nn2[C@H]1CC[C@H](N2CCOCC2)CC1. The number of ether oxygens (including phenoxy) is 1. The van der Waals surface area contributed by atoms with Crippen LogP contribution in [0.1, 0.15) is 43.1 Å². The third kappa shape index (κ3) is 4.77. The van der Waals surface area contributed by atoms with Crippen LogP contribution in [-0.2, 0) is 17.6 Å². The van der Waals surface area contributed by atoms with E-state index < -0.39 is 0 Å². The monoisotopic (exact) mass is 522 g/mol. The summed E-state index contributed by atoms with van der Waals surface area (Å²) >= 11 is 0. The Hall–Kier alpha value is -3.82. The molecule has 5 aromatic rings. The zero-order valence-electron chi connectivity index (χ0n) is 22.1. The maximum Gasteiger partial charge on any atom is 0.164 e. The normalized spacial score (nSPS) is 20.6. The van der Waals surface area contributed by atoms with Crippen LogP contribution in [0.3, 0.4) is 0 Å². The Morgan fingerprint density at radius 3 is 2.54 bits per heavy atom. The van der Waals surface area contributed by atoms with E-state index in [9.17, 15) is 0 Å². The first-order valence-corrected chi connectivity index (χ1v) is 14.1. The highest BCUT2D eigenvalue weighted by molar-refractivity contribution is 5.99. The van der Waals surface area contributed by atoms with Gasteiger partial charge in [-0.05, 0) is 49.8 Å². The van der Waals surface area contributed by atoms with Gasteiger partial charge in [-0.1, -0.05) is 36.4 Å². The Bertz CT molecular complexity index is 1580. The smallest absolute Gasteiger partial charge is 0.164 e. The number of aromatic amines is 1. The van der Waals surface area contributed by atoms with Crippen LogP contribution in [0, 0.1) is 0 Å². The van der Waals surface area contributed by atoms with Crippen LogP contribution >= 0.6 is 0 Å². The minimum absolute atomic E-state index is 0.299. The number of aryl methyl sites for hydroxylation is 2. The second-order valence-electron chi connectivity index (χ2n) is 10.8. The molecule has 39 heavy (non-hydrogen) atoms. The van der Waals surface area contributed by atoms with Gasteiger partial charge in [0.2, 0.25) is 0 Å². The molecule has 4 heterocycles. The maximum absolute atomic E-state index is 6.43. The van der Waals surface area contributed by atoms with E-state index in [-0.39, 0.29) is 0 Å². The molecule has 0 bridgehead atoms. The van der Waals surface area contributed by atoms with Crippen LogP contribution in [0.15, 0.2) is 54.9 Å². The van der Waals surface area contributed by atoms with Gasteiger partial charge in [-0.2, -0.15) is 5.10 Å². The molecule has 1 saturated carbocycles. The van der Waals surface area contributed by atoms with Crippen molar-refractivity contribution in [1.29, 1.82) is 0 Å². The van der Waals surface area contributed by atoms with Crippen LogP contribution in [0.4, 0.5) is 5.82 Å².